The molecule has 0 aromatic carbocycles. The Morgan fingerprint density at radius 2 is 0.882 bits per heavy atom. The van der Waals surface area contributed by atoms with Crippen molar-refractivity contribution in [2.45, 2.75) is 358 Å². The maximum absolute atomic E-state index is 13.2. The monoisotopic (exact) mass is 1100 g/mol. The minimum atomic E-state index is -5.08. The second-order valence-electron chi connectivity index (χ2n) is 22.7. The summed E-state index contributed by atoms with van der Waals surface area (Å²) in [6, 6.07) is -0.860. The molecule has 0 spiro atoms. The van der Waals surface area contributed by atoms with E-state index in [1.54, 1.807) is 0 Å². The van der Waals surface area contributed by atoms with Crippen molar-refractivity contribution in [3.05, 3.63) is 24.3 Å². The summed E-state index contributed by atoms with van der Waals surface area (Å²) in [6.07, 6.45) is 57.6. The van der Waals surface area contributed by atoms with E-state index >= 15 is 0 Å². The number of aliphatic hydroxyl groups is 4. The third-order valence-electron chi connectivity index (χ3n) is 15.5. The Morgan fingerprint density at radius 3 is 1.25 bits per heavy atom. The third-order valence-corrected chi connectivity index (χ3v) is 16.0. The zero-order chi connectivity index (χ0) is 55.4. The fourth-order valence-electron chi connectivity index (χ4n) is 10.6. The number of hydrogen-bond donors (Lipinski definition) is 6. The molecule has 1 saturated heterocycles. The minimum absolute atomic E-state index is 0.227. The Balaban J connectivity index is 2.29. The van der Waals surface area contributed by atoms with Crippen molar-refractivity contribution >= 4 is 16.3 Å². The molecule has 12 nitrogen and oxygen atoms in total. The maximum atomic E-state index is 13.2. The Labute approximate surface area is 467 Å². The summed E-state index contributed by atoms with van der Waals surface area (Å²) in [7, 11) is -5.08. The number of aliphatic hydroxyl groups excluding tert-OH is 4. The van der Waals surface area contributed by atoms with E-state index in [1.807, 2.05) is 0 Å². The molecule has 0 aromatic rings. The number of unbranched alkanes of at least 4 members (excludes halogenated alkanes) is 41. The van der Waals surface area contributed by atoms with Crippen molar-refractivity contribution in [2.24, 2.45) is 0 Å². The molecule has 1 amide bonds. The molecular formula is C63H121NO11S. The normalized spacial score (nSPS) is 19.1. The topological polar surface area (TPSA) is 192 Å². The number of ether oxygens (including phenoxy) is 2. The first-order valence-electron chi connectivity index (χ1n) is 32.2. The van der Waals surface area contributed by atoms with Crippen molar-refractivity contribution in [3.8, 4) is 0 Å². The number of hydrogen-bond acceptors (Lipinski definition) is 10. The number of nitrogens with one attached hydrogen (secondary N) is 1. The lowest BCUT2D eigenvalue weighted by Gasteiger charge is -2.41. The second kappa shape index (κ2) is 52.9. The van der Waals surface area contributed by atoms with E-state index in [-0.39, 0.29) is 12.5 Å². The van der Waals surface area contributed by atoms with E-state index in [9.17, 15) is 38.2 Å². The number of amides is 1. The van der Waals surface area contributed by atoms with Gasteiger partial charge in [-0.1, -0.05) is 289 Å². The van der Waals surface area contributed by atoms with Crippen LogP contribution in [0.2, 0.25) is 0 Å². The van der Waals surface area contributed by atoms with Crippen molar-refractivity contribution in [1.29, 1.82) is 0 Å². The predicted octanol–water partition coefficient (Wildman–Crippen LogP) is 16.0. The molecule has 1 aliphatic rings. The third kappa shape index (κ3) is 44.3. The molecule has 0 aliphatic carbocycles. The van der Waals surface area contributed by atoms with Crippen LogP contribution < -0.4 is 5.32 Å². The molecule has 13 heteroatoms. The summed E-state index contributed by atoms with van der Waals surface area (Å²) in [5, 5.41) is 45.2. The van der Waals surface area contributed by atoms with Crippen molar-refractivity contribution < 1.29 is 51.8 Å². The predicted molar refractivity (Wildman–Crippen MR) is 315 cm³/mol. The van der Waals surface area contributed by atoms with Gasteiger partial charge in [0.1, 0.15) is 24.4 Å². The lowest BCUT2D eigenvalue weighted by molar-refractivity contribution is -0.298. The van der Waals surface area contributed by atoms with Crippen molar-refractivity contribution in [2.75, 3.05) is 13.2 Å². The van der Waals surface area contributed by atoms with Crippen molar-refractivity contribution in [3.63, 3.8) is 0 Å². The average Bonchev–Trinajstić information content (AvgIpc) is 3.40. The van der Waals surface area contributed by atoms with Gasteiger partial charge in [0.05, 0.1) is 25.4 Å². The molecule has 1 heterocycles. The minimum Gasteiger partial charge on any atom is -0.394 e. The standard InChI is InChI=1S/C63H121NO11S/c1-3-5-7-9-11-13-15-17-19-21-23-25-27-28-29-30-31-33-35-37-39-41-43-45-47-49-51-53-59(67)64-56(55-73-63-61(69)62(75-76(70,71)72)60(68)58(54-65)74-63)57(66)52-50-48-46-44-42-40-38-36-34-32-26-24-22-20-18-16-14-12-10-8-6-4-2/h23,25,28-29,56-58,60-63,65-66,68-69H,3-22,24,26-27,30-55H2,1-2H3,(H,64,67)(H,70,71,72)/b25-23-,29-28-. The van der Waals surface area contributed by atoms with Crippen molar-refractivity contribution in [1.82, 2.24) is 5.32 Å². The summed E-state index contributed by atoms with van der Waals surface area (Å²) in [4.78, 5) is 13.2. The number of rotatable bonds is 57. The van der Waals surface area contributed by atoms with Gasteiger partial charge in [-0.3, -0.25) is 9.35 Å². The highest BCUT2D eigenvalue weighted by molar-refractivity contribution is 7.80. The Kier molecular flexibility index (Phi) is 50.6. The molecule has 450 valence electrons. The van der Waals surface area contributed by atoms with Gasteiger partial charge in [0, 0.05) is 6.42 Å². The van der Waals surface area contributed by atoms with Gasteiger partial charge >= 0.3 is 10.4 Å². The highest BCUT2D eigenvalue weighted by Crippen LogP contribution is 2.26. The fourth-order valence-corrected chi connectivity index (χ4v) is 11.1. The molecule has 0 bridgehead atoms. The Morgan fingerprint density at radius 1 is 0.526 bits per heavy atom. The molecule has 1 aliphatic heterocycles. The quantitative estimate of drug-likeness (QED) is 0.0193. The van der Waals surface area contributed by atoms with Crippen LogP contribution in [0.1, 0.15) is 316 Å². The van der Waals surface area contributed by atoms with Crippen LogP contribution in [-0.2, 0) is 28.9 Å². The molecule has 76 heavy (non-hydrogen) atoms. The zero-order valence-electron chi connectivity index (χ0n) is 49.1. The molecule has 1 fully saturated rings. The molecule has 0 aromatic heterocycles. The van der Waals surface area contributed by atoms with Crippen LogP contribution in [0.4, 0.5) is 0 Å². The van der Waals surface area contributed by atoms with Crippen LogP contribution in [0, 0.1) is 0 Å². The average molecular weight is 1100 g/mol. The van der Waals surface area contributed by atoms with Crippen LogP contribution in [0.25, 0.3) is 0 Å². The van der Waals surface area contributed by atoms with E-state index in [2.05, 4.69) is 47.7 Å². The van der Waals surface area contributed by atoms with Gasteiger partial charge in [0.25, 0.3) is 0 Å². The summed E-state index contributed by atoms with van der Waals surface area (Å²) >= 11 is 0. The lowest BCUT2D eigenvalue weighted by atomic mass is 9.99. The highest BCUT2D eigenvalue weighted by atomic mass is 32.3. The van der Waals surface area contributed by atoms with E-state index in [4.69, 9.17) is 9.47 Å². The first kappa shape index (κ1) is 72.6. The Bertz CT molecular complexity index is 1430. The Hall–Kier alpha value is -1.42. The van der Waals surface area contributed by atoms with Gasteiger partial charge in [0.15, 0.2) is 6.29 Å². The summed E-state index contributed by atoms with van der Waals surface area (Å²) in [5.74, 6) is -0.227. The number of allylic oxidation sites excluding steroid dienone is 4. The molecule has 1 rings (SSSR count). The van der Waals surface area contributed by atoms with E-state index in [0.717, 1.165) is 51.4 Å². The smallest absolute Gasteiger partial charge is 0.394 e. The van der Waals surface area contributed by atoms with Crippen LogP contribution in [0.3, 0.4) is 0 Å². The van der Waals surface area contributed by atoms with Crippen LogP contribution in [0.15, 0.2) is 24.3 Å². The van der Waals surface area contributed by atoms with E-state index < -0.39 is 59.9 Å². The van der Waals surface area contributed by atoms with Gasteiger partial charge in [-0.2, -0.15) is 8.42 Å². The van der Waals surface area contributed by atoms with E-state index in [0.29, 0.717) is 19.3 Å². The molecule has 7 unspecified atom stereocenters. The summed E-state index contributed by atoms with van der Waals surface area (Å²) < 4.78 is 48.0. The summed E-state index contributed by atoms with van der Waals surface area (Å²) in [6.45, 7) is 3.51. The SMILES string of the molecule is CCCCCCCCCCC/C=C\C/C=C\CCCCCCCCCCCCCC(=O)NC(COC1OC(CO)C(O)C(OS(=O)(=O)O)C1O)C(O)CCCCCCCCCCCCCCCCCCCCCCCC. The first-order chi connectivity index (χ1) is 37.0. The molecule has 0 saturated carbocycles. The molecule has 6 N–H and O–H groups in total. The van der Waals surface area contributed by atoms with Gasteiger partial charge < -0.3 is 35.2 Å². The molecule has 0 radical (unpaired) electrons. The fraction of sp³-hybridized carbons (Fsp3) is 0.921. The maximum Gasteiger partial charge on any atom is 0.397 e. The van der Waals surface area contributed by atoms with Gasteiger partial charge in [-0.15, -0.1) is 0 Å². The number of carbonyl (C=O) groups excluding carboxylic acids is 1. The number of carbonyl (C=O) groups is 1. The second-order valence-corrected chi connectivity index (χ2v) is 23.8. The highest BCUT2D eigenvalue weighted by Gasteiger charge is 2.48. The lowest BCUT2D eigenvalue weighted by Crippen LogP contribution is -2.61. The first-order valence-corrected chi connectivity index (χ1v) is 33.6. The molecular weight excluding hydrogens is 979 g/mol. The van der Waals surface area contributed by atoms with Crippen LogP contribution >= 0.6 is 0 Å². The largest absolute Gasteiger partial charge is 0.397 e. The van der Waals surface area contributed by atoms with Gasteiger partial charge in [-0.25, -0.2) is 4.18 Å². The van der Waals surface area contributed by atoms with Gasteiger partial charge in [0.2, 0.25) is 5.91 Å². The zero-order valence-corrected chi connectivity index (χ0v) is 49.9. The van der Waals surface area contributed by atoms with Crippen LogP contribution in [0.5, 0.6) is 0 Å². The molecule has 7 atom stereocenters. The van der Waals surface area contributed by atoms with E-state index in [1.165, 1.54) is 231 Å². The van der Waals surface area contributed by atoms with Crippen LogP contribution in [-0.4, -0.2) is 95.4 Å². The summed E-state index contributed by atoms with van der Waals surface area (Å²) in [5.41, 5.74) is 0. The van der Waals surface area contributed by atoms with Gasteiger partial charge in [-0.05, 0) is 44.9 Å².